The Hall–Kier alpha value is -1.06. The second-order valence-electron chi connectivity index (χ2n) is 5.23. The van der Waals surface area contributed by atoms with E-state index in [1.807, 2.05) is 18.2 Å². The van der Waals surface area contributed by atoms with Crippen molar-refractivity contribution in [3.63, 3.8) is 0 Å². The van der Waals surface area contributed by atoms with E-state index in [0.29, 0.717) is 6.04 Å². The minimum Gasteiger partial charge on any atom is -0.399 e. The molecule has 0 aromatic heterocycles. The average molecular weight is 248 g/mol. The summed E-state index contributed by atoms with van der Waals surface area (Å²) in [6, 6.07) is 8.70. The van der Waals surface area contributed by atoms with Crippen LogP contribution in [0, 0.1) is 0 Å². The molecule has 2 rings (SSSR count). The Morgan fingerprint density at radius 3 is 2.67 bits per heavy atom. The zero-order chi connectivity index (χ0) is 12.8. The molecule has 100 valence electrons. The molecule has 0 aliphatic heterocycles. The summed E-state index contributed by atoms with van der Waals surface area (Å²) in [6.07, 6.45) is 6.54. The second kappa shape index (κ2) is 6.76. The first-order chi connectivity index (χ1) is 8.79. The summed E-state index contributed by atoms with van der Waals surface area (Å²) in [7, 11) is 0. The predicted octanol–water partition coefficient (Wildman–Crippen LogP) is 2.40. The maximum absolute atomic E-state index is 9.23. The van der Waals surface area contributed by atoms with Gasteiger partial charge < -0.3 is 10.8 Å². The van der Waals surface area contributed by atoms with Crippen LogP contribution in [-0.4, -0.2) is 29.2 Å². The molecule has 0 bridgehead atoms. The lowest BCUT2D eigenvalue weighted by atomic mass is 9.94. The van der Waals surface area contributed by atoms with E-state index in [0.717, 1.165) is 18.8 Å². The highest BCUT2D eigenvalue weighted by Gasteiger charge is 2.20. The molecule has 0 saturated heterocycles. The number of aliphatic hydroxyl groups excluding tert-OH is 1. The molecular weight excluding hydrogens is 224 g/mol. The summed E-state index contributed by atoms with van der Waals surface area (Å²) in [4.78, 5) is 2.41. The molecule has 3 heteroatoms. The molecular formula is C15H24N2O. The van der Waals surface area contributed by atoms with Crippen molar-refractivity contribution < 1.29 is 5.11 Å². The highest BCUT2D eigenvalue weighted by Crippen LogP contribution is 2.24. The van der Waals surface area contributed by atoms with Crippen LogP contribution in [0.5, 0.6) is 0 Å². The van der Waals surface area contributed by atoms with Crippen molar-refractivity contribution in [2.24, 2.45) is 0 Å². The molecule has 0 unspecified atom stereocenters. The first-order valence-electron chi connectivity index (χ1n) is 6.99. The number of hydrogen-bond donors (Lipinski definition) is 2. The minimum absolute atomic E-state index is 0.235. The topological polar surface area (TPSA) is 49.5 Å². The third-order valence-corrected chi connectivity index (χ3v) is 3.82. The van der Waals surface area contributed by atoms with E-state index in [-0.39, 0.29) is 6.61 Å². The lowest BCUT2D eigenvalue weighted by Gasteiger charge is -2.34. The van der Waals surface area contributed by atoms with Crippen LogP contribution in [0.2, 0.25) is 0 Å². The van der Waals surface area contributed by atoms with Crippen molar-refractivity contribution in [3.8, 4) is 0 Å². The van der Waals surface area contributed by atoms with Crippen molar-refractivity contribution in [1.82, 2.24) is 4.90 Å². The monoisotopic (exact) mass is 248 g/mol. The van der Waals surface area contributed by atoms with Gasteiger partial charge in [0.1, 0.15) is 0 Å². The van der Waals surface area contributed by atoms with Crippen molar-refractivity contribution in [3.05, 3.63) is 29.8 Å². The normalized spacial score (nSPS) is 17.2. The van der Waals surface area contributed by atoms with Crippen LogP contribution in [0.25, 0.3) is 0 Å². The van der Waals surface area contributed by atoms with Gasteiger partial charge in [0.05, 0.1) is 6.61 Å². The Balaban J connectivity index is 2.00. The van der Waals surface area contributed by atoms with Crippen LogP contribution >= 0.6 is 0 Å². The third kappa shape index (κ3) is 3.72. The molecule has 1 fully saturated rings. The molecule has 1 saturated carbocycles. The Morgan fingerprint density at radius 2 is 2.00 bits per heavy atom. The maximum atomic E-state index is 9.23. The van der Waals surface area contributed by atoms with E-state index >= 15 is 0 Å². The highest BCUT2D eigenvalue weighted by atomic mass is 16.3. The molecule has 1 aromatic rings. The van der Waals surface area contributed by atoms with Crippen molar-refractivity contribution >= 4 is 5.69 Å². The number of nitrogen functional groups attached to an aromatic ring is 1. The van der Waals surface area contributed by atoms with Gasteiger partial charge in [-0.05, 0) is 30.5 Å². The SMILES string of the molecule is Nc1cccc(CN(CCO)C2CCCCC2)c1. The fourth-order valence-electron chi connectivity index (χ4n) is 2.89. The lowest BCUT2D eigenvalue weighted by Crippen LogP contribution is -2.38. The third-order valence-electron chi connectivity index (χ3n) is 3.82. The number of benzene rings is 1. The molecule has 0 amide bonds. The van der Waals surface area contributed by atoms with E-state index < -0.39 is 0 Å². The fourth-order valence-corrected chi connectivity index (χ4v) is 2.89. The molecule has 0 radical (unpaired) electrons. The zero-order valence-corrected chi connectivity index (χ0v) is 11.0. The van der Waals surface area contributed by atoms with Crippen LogP contribution < -0.4 is 5.73 Å². The van der Waals surface area contributed by atoms with Gasteiger partial charge in [0.15, 0.2) is 0 Å². The Labute approximate surface area is 110 Å². The smallest absolute Gasteiger partial charge is 0.0558 e. The van der Waals surface area contributed by atoms with E-state index in [1.165, 1.54) is 37.7 Å². The molecule has 3 N–H and O–H groups in total. The number of rotatable bonds is 5. The molecule has 18 heavy (non-hydrogen) atoms. The van der Waals surface area contributed by atoms with Gasteiger partial charge in [-0.1, -0.05) is 31.4 Å². The second-order valence-corrected chi connectivity index (χ2v) is 5.23. The van der Waals surface area contributed by atoms with Crippen LogP contribution in [0.4, 0.5) is 5.69 Å². The summed E-state index contributed by atoms with van der Waals surface area (Å²) in [5, 5.41) is 9.23. The molecule has 3 nitrogen and oxygen atoms in total. The van der Waals surface area contributed by atoms with Crippen LogP contribution in [-0.2, 0) is 6.54 Å². The average Bonchev–Trinajstić information content (AvgIpc) is 2.39. The number of hydrogen-bond acceptors (Lipinski definition) is 3. The molecule has 0 atom stereocenters. The number of nitrogens with zero attached hydrogens (tertiary/aromatic N) is 1. The molecule has 0 spiro atoms. The van der Waals surface area contributed by atoms with Gasteiger partial charge in [-0.2, -0.15) is 0 Å². The van der Waals surface area contributed by atoms with Gasteiger partial charge in [-0.3, -0.25) is 4.90 Å². The number of aliphatic hydroxyl groups is 1. The van der Waals surface area contributed by atoms with Gasteiger partial charge in [0, 0.05) is 24.8 Å². The fraction of sp³-hybridized carbons (Fsp3) is 0.600. The van der Waals surface area contributed by atoms with Crippen LogP contribution in [0.3, 0.4) is 0 Å². The molecule has 1 aromatic carbocycles. The highest BCUT2D eigenvalue weighted by molar-refractivity contribution is 5.40. The van der Waals surface area contributed by atoms with Gasteiger partial charge in [0.25, 0.3) is 0 Å². The molecule has 1 aliphatic carbocycles. The summed E-state index contributed by atoms with van der Waals surface area (Å²) in [6.45, 7) is 1.90. The standard InChI is InChI=1S/C15H24N2O/c16-14-6-4-5-13(11-14)12-17(9-10-18)15-7-2-1-3-8-15/h4-6,11,15,18H,1-3,7-10,12,16H2. The minimum atomic E-state index is 0.235. The quantitative estimate of drug-likeness (QED) is 0.787. The van der Waals surface area contributed by atoms with Crippen molar-refractivity contribution in [2.75, 3.05) is 18.9 Å². The van der Waals surface area contributed by atoms with Crippen LogP contribution in [0.15, 0.2) is 24.3 Å². The van der Waals surface area contributed by atoms with E-state index in [4.69, 9.17) is 5.73 Å². The van der Waals surface area contributed by atoms with E-state index in [2.05, 4.69) is 11.0 Å². The van der Waals surface area contributed by atoms with Gasteiger partial charge >= 0.3 is 0 Å². The Kier molecular flexibility index (Phi) is 5.02. The summed E-state index contributed by atoms with van der Waals surface area (Å²) in [5.41, 5.74) is 7.88. The van der Waals surface area contributed by atoms with E-state index in [1.54, 1.807) is 0 Å². The van der Waals surface area contributed by atoms with Crippen molar-refractivity contribution in [2.45, 2.75) is 44.7 Å². The van der Waals surface area contributed by atoms with Gasteiger partial charge in [-0.25, -0.2) is 0 Å². The predicted molar refractivity (Wildman–Crippen MR) is 75.2 cm³/mol. The van der Waals surface area contributed by atoms with Crippen LogP contribution in [0.1, 0.15) is 37.7 Å². The van der Waals surface area contributed by atoms with Crippen molar-refractivity contribution in [1.29, 1.82) is 0 Å². The Bertz CT molecular complexity index is 361. The molecule has 1 aliphatic rings. The Morgan fingerprint density at radius 1 is 1.22 bits per heavy atom. The number of nitrogens with two attached hydrogens (primary N) is 1. The first kappa shape index (κ1) is 13.4. The van der Waals surface area contributed by atoms with Gasteiger partial charge in [0.2, 0.25) is 0 Å². The zero-order valence-electron chi connectivity index (χ0n) is 11.0. The van der Waals surface area contributed by atoms with Gasteiger partial charge in [-0.15, -0.1) is 0 Å². The lowest BCUT2D eigenvalue weighted by molar-refractivity contribution is 0.117. The number of anilines is 1. The first-order valence-corrected chi connectivity index (χ1v) is 6.99. The largest absolute Gasteiger partial charge is 0.399 e. The summed E-state index contributed by atoms with van der Waals surface area (Å²) >= 11 is 0. The summed E-state index contributed by atoms with van der Waals surface area (Å²) in [5.74, 6) is 0. The maximum Gasteiger partial charge on any atom is 0.0558 e. The van der Waals surface area contributed by atoms with E-state index in [9.17, 15) is 5.11 Å². The summed E-state index contributed by atoms with van der Waals surface area (Å²) < 4.78 is 0. The molecule has 0 heterocycles.